The molecule has 0 radical (unpaired) electrons. The monoisotopic (exact) mass is 520 g/mol. The molecule has 4 saturated carbocycles. The number of esters is 1. The molecule has 5 fully saturated rings. The molecule has 6 aliphatic rings. The Balaban J connectivity index is 1.41. The van der Waals surface area contributed by atoms with E-state index in [4.69, 9.17) is 14.2 Å². The van der Waals surface area contributed by atoms with Crippen LogP contribution in [0, 0.1) is 28.6 Å². The number of rotatable bonds is 4. The topological polar surface area (TPSA) is 99.1 Å². The number of Topliss-reactive ketones (excluding diaryl/α,β-unsaturated/α-hetero) is 1. The van der Waals surface area contributed by atoms with Crippen LogP contribution in [0.2, 0.25) is 0 Å². The smallest absolute Gasteiger partial charge is 0.309 e. The third-order valence-electron chi connectivity index (χ3n) is 10.3. The predicted octanol–water partition coefficient (Wildman–Crippen LogP) is 3.33. The summed E-state index contributed by atoms with van der Waals surface area (Å²) in [5, 5.41) is 11.5. The Morgan fingerprint density at radius 1 is 1.16 bits per heavy atom. The van der Waals surface area contributed by atoms with Crippen molar-refractivity contribution in [2.24, 2.45) is 28.6 Å². The highest BCUT2D eigenvalue weighted by atomic mass is 19.1. The number of alkyl halides is 2. The molecule has 0 aromatic rings. The molecule has 9 atom stereocenters. The van der Waals surface area contributed by atoms with Gasteiger partial charge in [-0.25, -0.2) is 8.78 Å². The fraction of sp³-hybridized carbons (Fsp3) is 0.750. The highest BCUT2D eigenvalue weighted by Gasteiger charge is 2.80. The van der Waals surface area contributed by atoms with Crippen molar-refractivity contribution in [1.82, 2.24) is 0 Å². The molecule has 0 bridgehead atoms. The van der Waals surface area contributed by atoms with Crippen molar-refractivity contribution in [2.75, 3.05) is 6.61 Å². The highest BCUT2D eigenvalue weighted by Crippen LogP contribution is 2.72. The van der Waals surface area contributed by atoms with Crippen LogP contribution in [0.1, 0.15) is 59.8 Å². The Bertz CT molecular complexity index is 1140. The molecule has 7 nitrogen and oxygen atoms in total. The third kappa shape index (κ3) is 3.11. The summed E-state index contributed by atoms with van der Waals surface area (Å²) in [6.07, 6.45) is 1.20. The molecule has 0 aromatic carbocycles. The zero-order valence-corrected chi connectivity index (χ0v) is 21.6. The number of hydrogen-bond donors (Lipinski definition) is 1. The molecule has 37 heavy (non-hydrogen) atoms. The van der Waals surface area contributed by atoms with Crippen LogP contribution < -0.4 is 0 Å². The predicted molar refractivity (Wildman–Crippen MR) is 125 cm³/mol. The SMILES string of the molecule is CC1(C)O[C@@H]2C[C@H]3C4C[C@H](F)C5=CC(=O)C=C[C@]5(C)[C@@]4(F)[C@@H](O)C[C@]3(C)[C@]2(C(=O)COC(=O)C2CC2)O1. The largest absolute Gasteiger partial charge is 0.457 e. The van der Waals surface area contributed by atoms with Crippen molar-refractivity contribution in [3.05, 3.63) is 23.8 Å². The van der Waals surface area contributed by atoms with Gasteiger partial charge in [-0.1, -0.05) is 13.0 Å². The summed E-state index contributed by atoms with van der Waals surface area (Å²) in [4.78, 5) is 38.1. The number of ether oxygens (including phenoxy) is 3. The number of aliphatic hydroxyl groups excluding tert-OH is 1. The second kappa shape index (κ2) is 7.57. The Kier molecular flexibility index (Phi) is 5.18. The lowest BCUT2D eigenvalue weighted by Crippen LogP contribution is -2.71. The van der Waals surface area contributed by atoms with E-state index < -0.39 is 82.2 Å². The van der Waals surface area contributed by atoms with Crippen LogP contribution in [-0.2, 0) is 28.6 Å². The lowest BCUT2D eigenvalue weighted by molar-refractivity contribution is -0.249. The van der Waals surface area contributed by atoms with Crippen molar-refractivity contribution in [3.8, 4) is 0 Å². The third-order valence-corrected chi connectivity index (χ3v) is 10.3. The number of carbonyl (C=O) groups is 3. The van der Waals surface area contributed by atoms with E-state index in [1.165, 1.54) is 19.1 Å². The molecule has 6 rings (SSSR count). The van der Waals surface area contributed by atoms with Gasteiger partial charge in [-0.05, 0) is 76.5 Å². The number of halogens is 2. The van der Waals surface area contributed by atoms with Gasteiger partial charge in [0.2, 0.25) is 5.78 Å². The van der Waals surface area contributed by atoms with E-state index in [-0.39, 0.29) is 30.8 Å². The molecule has 0 aromatic heterocycles. The average Bonchev–Trinajstić information content (AvgIpc) is 3.59. The molecule has 0 amide bonds. The highest BCUT2D eigenvalue weighted by molar-refractivity contribution is 6.01. The fourth-order valence-electron chi connectivity index (χ4n) is 8.48. The summed E-state index contributed by atoms with van der Waals surface area (Å²) in [6.45, 7) is 6.20. The van der Waals surface area contributed by atoms with E-state index in [2.05, 4.69) is 0 Å². The molecule has 5 aliphatic carbocycles. The zero-order valence-electron chi connectivity index (χ0n) is 21.6. The van der Waals surface area contributed by atoms with Crippen LogP contribution in [0.5, 0.6) is 0 Å². The molecule has 1 aliphatic heterocycles. The van der Waals surface area contributed by atoms with Crippen LogP contribution >= 0.6 is 0 Å². The summed E-state index contributed by atoms with van der Waals surface area (Å²) in [5.74, 6) is -4.16. The number of aliphatic hydroxyl groups is 1. The second-order valence-corrected chi connectivity index (χ2v) is 12.7. The number of allylic oxidation sites excluding steroid dienone is 4. The van der Waals surface area contributed by atoms with E-state index >= 15 is 8.78 Å². The van der Waals surface area contributed by atoms with Crippen molar-refractivity contribution in [3.63, 3.8) is 0 Å². The molecule has 9 heteroatoms. The molecule has 1 unspecified atom stereocenters. The molecule has 202 valence electrons. The van der Waals surface area contributed by atoms with Gasteiger partial charge < -0.3 is 19.3 Å². The molecule has 1 heterocycles. The molecule has 1 saturated heterocycles. The fourth-order valence-corrected chi connectivity index (χ4v) is 8.48. The maximum Gasteiger partial charge on any atom is 0.309 e. The quantitative estimate of drug-likeness (QED) is 0.568. The van der Waals surface area contributed by atoms with Gasteiger partial charge in [0.1, 0.15) is 6.17 Å². The van der Waals surface area contributed by atoms with Crippen LogP contribution in [0.25, 0.3) is 0 Å². The van der Waals surface area contributed by atoms with E-state index in [0.717, 1.165) is 18.9 Å². The number of ketones is 2. The summed E-state index contributed by atoms with van der Waals surface area (Å²) in [5.41, 5.74) is -6.43. The number of carbonyl (C=O) groups excluding carboxylic acids is 3. The molecular formula is C28H34F2O7. The van der Waals surface area contributed by atoms with Gasteiger partial charge in [-0.2, -0.15) is 0 Å². The van der Waals surface area contributed by atoms with Gasteiger partial charge in [0, 0.05) is 16.7 Å². The van der Waals surface area contributed by atoms with Gasteiger partial charge in [0.25, 0.3) is 0 Å². The minimum atomic E-state index is -2.26. The van der Waals surface area contributed by atoms with Crippen molar-refractivity contribution < 1.29 is 42.5 Å². The summed E-state index contributed by atoms with van der Waals surface area (Å²) >= 11 is 0. The zero-order chi connectivity index (χ0) is 26.8. The first-order valence-electron chi connectivity index (χ1n) is 13.2. The van der Waals surface area contributed by atoms with E-state index in [9.17, 15) is 19.5 Å². The minimum Gasteiger partial charge on any atom is -0.457 e. The van der Waals surface area contributed by atoms with Crippen molar-refractivity contribution >= 4 is 17.5 Å². The van der Waals surface area contributed by atoms with Gasteiger partial charge in [0.05, 0.1) is 18.1 Å². The molecular weight excluding hydrogens is 486 g/mol. The normalized spacial score (nSPS) is 49.4. The van der Waals surface area contributed by atoms with E-state index in [0.29, 0.717) is 0 Å². The van der Waals surface area contributed by atoms with Gasteiger partial charge in [0.15, 0.2) is 29.4 Å². The maximum atomic E-state index is 17.4. The van der Waals surface area contributed by atoms with Gasteiger partial charge in [-0.15, -0.1) is 0 Å². The summed E-state index contributed by atoms with van der Waals surface area (Å²) in [6, 6.07) is 0. The second-order valence-electron chi connectivity index (χ2n) is 12.7. The first-order valence-corrected chi connectivity index (χ1v) is 13.2. The summed E-state index contributed by atoms with van der Waals surface area (Å²) < 4.78 is 50.9. The Morgan fingerprint density at radius 3 is 2.54 bits per heavy atom. The first kappa shape index (κ1) is 25.3. The number of fused-ring (bicyclic) bond motifs is 7. The van der Waals surface area contributed by atoms with Crippen LogP contribution in [-0.4, -0.2) is 64.7 Å². The number of hydrogen-bond acceptors (Lipinski definition) is 7. The van der Waals surface area contributed by atoms with Crippen LogP contribution in [0.4, 0.5) is 8.78 Å². The molecule has 1 N–H and O–H groups in total. The molecule has 0 spiro atoms. The first-order chi connectivity index (χ1) is 17.2. The Hall–Kier alpha value is -1.97. The van der Waals surface area contributed by atoms with E-state index in [1.807, 2.05) is 0 Å². The lowest BCUT2D eigenvalue weighted by atomic mass is 9.44. The van der Waals surface area contributed by atoms with Gasteiger partial charge in [-0.3, -0.25) is 14.4 Å². The van der Waals surface area contributed by atoms with Crippen LogP contribution in [0.3, 0.4) is 0 Å². The summed E-state index contributed by atoms with van der Waals surface area (Å²) in [7, 11) is 0. The lowest BCUT2D eigenvalue weighted by Gasteiger charge is -2.63. The van der Waals surface area contributed by atoms with Crippen molar-refractivity contribution in [1.29, 1.82) is 0 Å². The average molecular weight is 521 g/mol. The van der Waals surface area contributed by atoms with Crippen LogP contribution in [0.15, 0.2) is 23.8 Å². The van der Waals surface area contributed by atoms with Gasteiger partial charge >= 0.3 is 5.97 Å². The Morgan fingerprint density at radius 2 is 1.86 bits per heavy atom. The van der Waals surface area contributed by atoms with E-state index in [1.54, 1.807) is 20.8 Å². The maximum absolute atomic E-state index is 17.4. The minimum absolute atomic E-state index is 0.0472. The Labute approximate surface area is 214 Å². The van der Waals surface area contributed by atoms with Crippen molar-refractivity contribution in [2.45, 2.75) is 95.2 Å². The standard InChI is InChI=1S/C28H34F2O7/c1-24(2)36-22-11-16-17-10-19(29)18-9-15(31)7-8-25(18,3)27(17,30)20(32)12-26(16,4)28(22,37-24)21(33)13-35-23(34)14-5-6-14/h7-9,14,16-17,19-20,22,32H,5-6,10-13H2,1-4H3/t16-,17?,19-,20-,22+,25-,26-,27-,28+/m0/s1.